The van der Waals surface area contributed by atoms with Gasteiger partial charge in [0.2, 0.25) is 5.91 Å². The molecule has 1 saturated carbocycles. The fraction of sp³-hybridized carbons (Fsp3) is 0.556. The van der Waals surface area contributed by atoms with Crippen LogP contribution in [0.3, 0.4) is 0 Å². The molecule has 0 aliphatic heterocycles. The molecule has 1 fully saturated rings. The van der Waals surface area contributed by atoms with Crippen LogP contribution in [0.5, 0.6) is 5.75 Å². The van der Waals surface area contributed by atoms with Crippen LogP contribution in [0, 0.1) is 19.8 Å². The van der Waals surface area contributed by atoms with Crippen LogP contribution in [0.4, 0.5) is 0 Å². The number of benzene rings is 1. The highest BCUT2D eigenvalue weighted by Crippen LogP contribution is 2.23. The first kappa shape index (κ1) is 17.3. The van der Waals surface area contributed by atoms with Crippen molar-refractivity contribution in [3.8, 4) is 5.75 Å². The molecule has 23 heavy (non-hydrogen) atoms. The topological polar surface area (TPSA) is 67.4 Å². The molecule has 0 aromatic heterocycles. The van der Waals surface area contributed by atoms with Crippen molar-refractivity contribution >= 4 is 11.8 Å². The molecular formula is C18H26N2O3. The second-order valence-corrected chi connectivity index (χ2v) is 6.34. The highest BCUT2D eigenvalue weighted by Gasteiger charge is 2.22. The summed E-state index contributed by atoms with van der Waals surface area (Å²) < 4.78 is 5.70. The van der Waals surface area contributed by atoms with Gasteiger partial charge in [-0.15, -0.1) is 0 Å². The molecule has 2 amide bonds. The third-order valence-electron chi connectivity index (χ3n) is 4.30. The molecule has 1 aromatic carbocycles. The van der Waals surface area contributed by atoms with E-state index in [4.69, 9.17) is 4.74 Å². The Balaban J connectivity index is 1.82. The lowest BCUT2D eigenvalue weighted by Gasteiger charge is -2.22. The van der Waals surface area contributed by atoms with Gasteiger partial charge in [0.25, 0.3) is 5.91 Å². The third kappa shape index (κ3) is 4.98. The van der Waals surface area contributed by atoms with E-state index in [0.717, 1.165) is 36.8 Å². The van der Waals surface area contributed by atoms with Crippen molar-refractivity contribution in [2.24, 2.45) is 5.92 Å². The van der Waals surface area contributed by atoms with E-state index < -0.39 is 6.10 Å². The fourth-order valence-corrected chi connectivity index (χ4v) is 2.77. The van der Waals surface area contributed by atoms with Gasteiger partial charge in [-0.25, -0.2) is 0 Å². The quantitative estimate of drug-likeness (QED) is 0.839. The molecule has 0 bridgehead atoms. The Morgan fingerprint density at radius 2 is 1.83 bits per heavy atom. The highest BCUT2D eigenvalue weighted by molar-refractivity contribution is 5.85. The van der Waals surface area contributed by atoms with Crippen molar-refractivity contribution in [3.63, 3.8) is 0 Å². The molecule has 2 rings (SSSR count). The molecule has 5 nitrogen and oxygen atoms in total. The summed E-state index contributed by atoms with van der Waals surface area (Å²) in [5.74, 6) is 0.248. The lowest BCUT2D eigenvalue weighted by atomic mass is 9.89. The minimum atomic E-state index is -0.679. The maximum absolute atomic E-state index is 12.1. The van der Waals surface area contributed by atoms with Gasteiger partial charge < -0.3 is 4.74 Å². The molecule has 126 valence electrons. The predicted octanol–water partition coefficient (Wildman–Crippen LogP) is 2.80. The van der Waals surface area contributed by atoms with E-state index >= 15 is 0 Å². The Morgan fingerprint density at radius 3 is 2.52 bits per heavy atom. The van der Waals surface area contributed by atoms with Crippen molar-refractivity contribution in [2.75, 3.05) is 0 Å². The Hall–Kier alpha value is -2.04. The first-order chi connectivity index (χ1) is 11.0. The molecule has 0 saturated heterocycles. The van der Waals surface area contributed by atoms with Gasteiger partial charge in [0.05, 0.1) is 0 Å². The molecule has 1 unspecified atom stereocenters. The number of hydrogen-bond acceptors (Lipinski definition) is 3. The summed E-state index contributed by atoms with van der Waals surface area (Å²) in [7, 11) is 0. The average Bonchev–Trinajstić information content (AvgIpc) is 2.56. The Labute approximate surface area is 137 Å². The fourth-order valence-electron chi connectivity index (χ4n) is 2.77. The second kappa shape index (κ2) is 7.99. The number of carbonyl (C=O) groups excluding carboxylic acids is 2. The SMILES string of the molecule is Cc1ccc(C)c(OC(C)C(=O)NNC(=O)C2CCCCC2)c1. The highest BCUT2D eigenvalue weighted by atomic mass is 16.5. The van der Waals surface area contributed by atoms with Crippen molar-refractivity contribution in [3.05, 3.63) is 29.3 Å². The number of ether oxygens (including phenoxy) is 1. The van der Waals surface area contributed by atoms with Crippen molar-refractivity contribution in [1.29, 1.82) is 0 Å². The van der Waals surface area contributed by atoms with E-state index in [1.54, 1.807) is 6.92 Å². The van der Waals surface area contributed by atoms with Crippen LogP contribution in [0.25, 0.3) is 0 Å². The molecule has 1 atom stereocenters. The van der Waals surface area contributed by atoms with E-state index in [-0.39, 0.29) is 17.7 Å². The van der Waals surface area contributed by atoms with E-state index in [2.05, 4.69) is 10.9 Å². The van der Waals surface area contributed by atoms with Gasteiger partial charge in [0.1, 0.15) is 5.75 Å². The largest absolute Gasteiger partial charge is 0.481 e. The monoisotopic (exact) mass is 318 g/mol. The van der Waals surface area contributed by atoms with Crippen molar-refractivity contribution in [2.45, 2.75) is 59.0 Å². The average molecular weight is 318 g/mol. The van der Waals surface area contributed by atoms with E-state index in [1.165, 1.54) is 6.42 Å². The number of hydrazine groups is 1. The van der Waals surface area contributed by atoms with Gasteiger partial charge in [0.15, 0.2) is 6.10 Å². The molecule has 0 spiro atoms. The first-order valence-corrected chi connectivity index (χ1v) is 8.31. The molecule has 1 aliphatic carbocycles. The van der Waals surface area contributed by atoms with Gasteiger partial charge in [0, 0.05) is 5.92 Å². The zero-order valence-electron chi connectivity index (χ0n) is 14.1. The number of carbonyl (C=O) groups is 2. The molecule has 1 aliphatic rings. The van der Waals surface area contributed by atoms with Crippen LogP contribution in [-0.2, 0) is 9.59 Å². The zero-order valence-corrected chi connectivity index (χ0v) is 14.1. The minimum Gasteiger partial charge on any atom is -0.481 e. The summed E-state index contributed by atoms with van der Waals surface area (Å²) in [6.45, 7) is 5.58. The van der Waals surface area contributed by atoms with Crippen LogP contribution in [0.2, 0.25) is 0 Å². The van der Waals surface area contributed by atoms with Crippen molar-refractivity contribution in [1.82, 2.24) is 10.9 Å². The van der Waals surface area contributed by atoms with E-state index in [0.29, 0.717) is 5.75 Å². The summed E-state index contributed by atoms with van der Waals surface area (Å²) in [4.78, 5) is 24.1. The number of aryl methyl sites for hydroxylation is 2. The summed E-state index contributed by atoms with van der Waals surface area (Å²) in [6.07, 6.45) is 4.47. The van der Waals surface area contributed by atoms with Gasteiger partial charge in [-0.1, -0.05) is 31.4 Å². The maximum atomic E-state index is 12.1. The molecular weight excluding hydrogens is 292 g/mol. The van der Waals surface area contributed by atoms with E-state index in [1.807, 2.05) is 32.0 Å². The second-order valence-electron chi connectivity index (χ2n) is 6.34. The normalized spacial score (nSPS) is 16.5. The van der Waals surface area contributed by atoms with Crippen LogP contribution in [0.15, 0.2) is 18.2 Å². The summed E-state index contributed by atoms with van der Waals surface area (Å²) >= 11 is 0. The van der Waals surface area contributed by atoms with Crippen LogP contribution in [-0.4, -0.2) is 17.9 Å². The van der Waals surface area contributed by atoms with Gasteiger partial charge in [-0.05, 0) is 50.8 Å². The van der Waals surface area contributed by atoms with Gasteiger partial charge in [-0.3, -0.25) is 20.4 Å². The summed E-state index contributed by atoms with van der Waals surface area (Å²) in [6, 6.07) is 5.86. The van der Waals surface area contributed by atoms with E-state index in [9.17, 15) is 9.59 Å². The summed E-state index contributed by atoms with van der Waals surface area (Å²) in [5.41, 5.74) is 7.04. The molecule has 2 N–H and O–H groups in total. The molecule has 0 heterocycles. The summed E-state index contributed by atoms with van der Waals surface area (Å²) in [5, 5.41) is 0. The predicted molar refractivity (Wildman–Crippen MR) is 88.9 cm³/mol. The molecule has 5 heteroatoms. The standard InChI is InChI=1S/C18H26N2O3/c1-12-9-10-13(2)16(11-12)23-14(3)17(21)19-20-18(22)15-7-5-4-6-8-15/h9-11,14-15H,4-8H2,1-3H3,(H,19,21)(H,20,22). The minimum absolute atomic E-state index is 0.0132. The number of rotatable bonds is 4. The molecule has 1 aromatic rings. The first-order valence-electron chi connectivity index (χ1n) is 8.31. The Morgan fingerprint density at radius 1 is 1.13 bits per heavy atom. The van der Waals surface area contributed by atoms with Crippen LogP contribution >= 0.6 is 0 Å². The van der Waals surface area contributed by atoms with Crippen LogP contribution < -0.4 is 15.6 Å². The third-order valence-corrected chi connectivity index (χ3v) is 4.30. The zero-order chi connectivity index (χ0) is 16.8. The Bertz CT molecular complexity index is 565. The molecule has 0 radical (unpaired) electrons. The lowest BCUT2D eigenvalue weighted by molar-refractivity contribution is -0.134. The van der Waals surface area contributed by atoms with Gasteiger partial charge in [-0.2, -0.15) is 0 Å². The van der Waals surface area contributed by atoms with Crippen molar-refractivity contribution < 1.29 is 14.3 Å². The lowest BCUT2D eigenvalue weighted by Crippen LogP contribution is -2.49. The van der Waals surface area contributed by atoms with Gasteiger partial charge >= 0.3 is 0 Å². The maximum Gasteiger partial charge on any atom is 0.279 e. The number of nitrogens with one attached hydrogen (secondary N) is 2. The number of hydrogen-bond donors (Lipinski definition) is 2. The van der Waals surface area contributed by atoms with Crippen LogP contribution in [0.1, 0.15) is 50.2 Å². The smallest absolute Gasteiger partial charge is 0.279 e. The number of amides is 2. The Kier molecular flexibility index (Phi) is 6.02.